The van der Waals surface area contributed by atoms with Gasteiger partial charge in [0.05, 0.1) is 0 Å². The zero-order valence-electron chi connectivity index (χ0n) is 11.5. The minimum atomic E-state index is 0.789. The summed E-state index contributed by atoms with van der Waals surface area (Å²) in [7, 11) is 0. The lowest BCUT2D eigenvalue weighted by Gasteiger charge is -2.37. The van der Waals surface area contributed by atoms with E-state index in [1.54, 1.807) is 0 Å². The molecular formula is C15H24N2. The van der Waals surface area contributed by atoms with Crippen LogP contribution >= 0.6 is 0 Å². The number of piperidine rings is 1. The molecule has 2 atom stereocenters. The standard InChI is InChI=1S/C15H24N2/c1-10-5-11(2)9-17(8-10)14-6-12(3)15(16)13(4)7-14/h6-7,10-11H,5,8-9,16H2,1-4H3. The highest BCUT2D eigenvalue weighted by molar-refractivity contribution is 5.62. The van der Waals surface area contributed by atoms with Crippen molar-refractivity contribution < 1.29 is 0 Å². The fourth-order valence-electron chi connectivity index (χ4n) is 3.01. The third kappa shape index (κ3) is 2.56. The van der Waals surface area contributed by atoms with E-state index in [2.05, 4.69) is 44.7 Å². The maximum absolute atomic E-state index is 6.02. The van der Waals surface area contributed by atoms with E-state index < -0.39 is 0 Å². The highest BCUT2D eigenvalue weighted by Gasteiger charge is 2.22. The van der Waals surface area contributed by atoms with Crippen LogP contribution in [0.1, 0.15) is 31.4 Å². The van der Waals surface area contributed by atoms with Crippen LogP contribution in [-0.4, -0.2) is 13.1 Å². The quantitative estimate of drug-likeness (QED) is 0.752. The molecule has 0 bridgehead atoms. The van der Waals surface area contributed by atoms with Crippen LogP contribution < -0.4 is 10.6 Å². The smallest absolute Gasteiger partial charge is 0.0374 e. The Kier molecular flexibility index (Phi) is 3.32. The number of nitrogens with zero attached hydrogens (tertiary/aromatic N) is 1. The predicted molar refractivity (Wildman–Crippen MR) is 75.5 cm³/mol. The molecule has 94 valence electrons. The zero-order chi connectivity index (χ0) is 12.6. The molecule has 1 aliphatic heterocycles. The number of nitrogen functional groups attached to an aromatic ring is 1. The number of benzene rings is 1. The summed E-state index contributed by atoms with van der Waals surface area (Å²) in [6, 6.07) is 4.46. The number of aryl methyl sites for hydroxylation is 2. The van der Waals surface area contributed by atoms with Crippen LogP contribution in [0.5, 0.6) is 0 Å². The molecular weight excluding hydrogens is 208 g/mol. The van der Waals surface area contributed by atoms with E-state index in [0.717, 1.165) is 17.5 Å². The van der Waals surface area contributed by atoms with Crippen LogP contribution in [0.15, 0.2) is 12.1 Å². The molecule has 2 N–H and O–H groups in total. The van der Waals surface area contributed by atoms with E-state index in [-0.39, 0.29) is 0 Å². The highest BCUT2D eigenvalue weighted by Crippen LogP contribution is 2.29. The molecule has 1 aromatic carbocycles. The monoisotopic (exact) mass is 232 g/mol. The minimum Gasteiger partial charge on any atom is -0.398 e. The van der Waals surface area contributed by atoms with Gasteiger partial charge in [-0.3, -0.25) is 0 Å². The van der Waals surface area contributed by atoms with Gasteiger partial charge in [-0.15, -0.1) is 0 Å². The third-order valence-corrected chi connectivity index (χ3v) is 3.81. The second kappa shape index (κ2) is 4.59. The molecule has 1 aliphatic rings. The summed E-state index contributed by atoms with van der Waals surface area (Å²) in [5.74, 6) is 1.58. The first-order chi connectivity index (χ1) is 7.97. The maximum atomic E-state index is 6.02. The fraction of sp³-hybridized carbons (Fsp3) is 0.600. The molecule has 0 radical (unpaired) electrons. The van der Waals surface area contributed by atoms with Crippen LogP contribution in [0.3, 0.4) is 0 Å². The van der Waals surface area contributed by atoms with Crippen molar-refractivity contribution in [3.63, 3.8) is 0 Å². The predicted octanol–water partition coefficient (Wildman–Crippen LogP) is 3.37. The number of nitrogens with two attached hydrogens (primary N) is 1. The van der Waals surface area contributed by atoms with Gasteiger partial charge >= 0.3 is 0 Å². The van der Waals surface area contributed by atoms with Gasteiger partial charge in [0.2, 0.25) is 0 Å². The Morgan fingerprint density at radius 2 is 1.53 bits per heavy atom. The van der Waals surface area contributed by atoms with Crippen molar-refractivity contribution in [2.24, 2.45) is 11.8 Å². The topological polar surface area (TPSA) is 29.3 Å². The molecule has 0 saturated carbocycles. The largest absolute Gasteiger partial charge is 0.398 e. The van der Waals surface area contributed by atoms with Gasteiger partial charge in [-0.1, -0.05) is 13.8 Å². The van der Waals surface area contributed by atoms with Crippen molar-refractivity contribution in [2.75, 3.05) is 23.7 Å². The highest BCUT2D eigenvalue weighted by atomic mass is 15.1. The molecule has 1 saturated heterocycles. The molecule has 17 heavy (non-hydrogen) atoms. The van der Waals surface area contributed by atoms with E-state index in [0.29, 0.717) is 0 Å². The van der Waals surface area contributed by atoms with E-state index >= 15 is 0 Å². The Bertz CT molecular complexity index is 378. The maximum Gasteiger partial charge on any atom is 0.0374 e. The Morgan fingerprint density at radius 3 is 2.00 bits per heavy atom. The molecule has 2 unspecified atom stereocenters. The van der Waals surface area contributed by atoms with E-state index in [1.165, 1.54) is 36.3 Å². The second-order valence-corrected chi connectivity index (χ2v) is 5.84. The van der Waals surface area contributed by atoms with E-state index in [9.17, 15) is 0 Å². The van der Waals surface area contributed by atoms with Crippen LogP contribution in [0, 0.1) is 25.7 Å². The number of rotatable bonds is 1. The van der Waals surface area contributed by atoms with Crippen molar-refractivity contribution in [3.05, 3.63) is 23.3 Å². The zero-order valence-corrected chi connectivity index (χ0v) is 11.5. The van der Waals surface area contributed by atoms with Gasteiger partial charge in [0.25, 0.3) is 0 Å². The third-order valence-electron chi connectivity index (χ3n) is 3.81. The van der Waals surface area contributed by atoms with Crippen molar-refractivity contribution in [1.82, 2.24) is 0 Å². The molecule has 2 heteroatoms. The molecule has 1 heterocycles. The first kappa shape index (κ1) is 12.3. The summed E-state index contributed by atoms with van der Waals surface area (Å²) in [5, 5.41) is 0. The van der Waals surface area contributed by atoms with Gasteiger partial charge in [-0.05, 0) is 55.4 Å². The van der Waals surface area contributed by atoms with E-state index in [4.69, 9.17) is 5.73 Å². The molecule has 2 nitrogen and oxygen atoms in total. The summed E-state index contributed by atoms with van der Waals surface area (Å²) in [6.07, 6.45) is 1.35. The first-order valence-corrected chi connectivity index (χ1v) is 6.59. The fourth-order valence-corrected chi connectivity index (χ4v) is 3.01. The SMILES string of the molecule is Cc1cc(N2CC(C)CC(C)C2)cc(C)c1N. The Labute approximate surface area is 105 Å². The van der Waals surface area contributed by atoms with Crippen molar-refractivity contribution in [2.45, 2.75) is 34.1 Å². The lowest BCUT2D eigenvalue weighted by molar-refractivity contribution is 0.357. The van der Waals surface area contributed by atoms with Crippen molar-refractivity contribution in [1.29, 1.82) is 0 Å². The molecule has 0 aromatic heterocycles. The molecule has 1 fully saturated rings. The molecule has 2 rings (SSSR count). The van der Waals surface area contributed by atoms with Crippen molar-refractivity contribution in [3.8, 4) is 0 Å². The summed E-state index contributed by atoms with van der Waals surface area (Å²) in [5.41, 5.74) is 10.7. The summed E-state index contributed by atoms with van der Waals surface area (Å²) < 4.78 is 0. The Morgan fingerprint density at radius 1 is 1.06 bits per heavy atom. The Balaban J connectivity index is 2.27. The molecule has 0 spiro atoms. The van der Waals surface area contributed by atoms with Crippen LogP contribution in [0.4, 0.5) is 11.4 Å². The Hall–Kier alpha value is -1.18. The van der Waals surface area contributed by atoms with Crippen LogP contribution in [0.25, 0.3) is 0 Å². The van der Waals surface area contributed by atoms with Gasteiger partial charge in [0.1, 0.15) is 0 Å². The normalized spacial score (nSPS) is 25.1. The summed E-state index contributed by atoms with van der Waals surface area (Å²) >= 11 is 0. The average molecular weight is 232 g/mol. The number of hydrogen-bond donors (Lipinski definition) is 1. The number of hydrogen-bond acceptors (Lipinski definition) is 2. The molecule has 0 amide bonds. The molecule has 1 aromatic rings. The molecule has 0 aliphatic carbocycles. The number of anilines is 2. The van der Waals surface area contributed by atoms with E-state index in [1.807, 2.05) is 0 Å². The average Bonchev–Trinajstić information content (AvgIpc) is 2.23. The van der Waals surface area contributed by atoms with Gasteiger partial charge in [0.15, 0.2) is 0 Å². The van der Waals surface area contributed by atoms with Crippen molar-refractivity contribution >= 4 is 11.4 Å². The minimum absolute atomic E-state index is 0.789. The first-order valence-electron chi connectivity index (χ1n) is 6.59. The van der Waals surface area contributed by atoms with Gasteiger partial charge < -0.3 is 10.6 Å². The second-order valence-electron chi connectivity index (χ2n) is 5.84. The van der Waals surface area contributed by atoms with Crippen LogP contribution in [0.2, 0.25) is 0 Å². The van der Waals surface area contributed by atoms with Gasteiger partial charge in [-0.2, -0.15) is 0 Å². The lowest BCUT2D eigenvalue weighted by Crippen LogP contribution is -2.38. The van der Waals surface area contributed by atoms with Gasteiger partial charge in [-0.25, -0.2) is 0 Å². The van der Waals surface area contributed by atoms with Crippen LogP contribution in [-0.2, 0) is 0 Å². The lowest BCUT2D eigenvalue weighted by atomic mass is 9.91. The summed E-state index contributed by atoms with van der Waals surface area (Å²) in [6.45, 7) is 11.2. The van der Waals surface area contributed by atoms with Gasteiger partial charge in [0, 0.05) is 24.5 Å². The summed E-state index contributed by atoms with van der Waals surface area (Å²) in [4.78, 5) is 2.51.